The van der Waals surface area contributed by atoms with Gasteiger partial charge in [0.2, 0.25) is 0 Å². The maximum atomic E-state index is 14.1. The van der Waals surface area contributed by atoms with Crippen LogP contribution < -0.4 is 9.04 Å². The van der Waals surface area contributed by atoms with Gasteiger partial charge < -0.3 is 9.47 Å². The number of carbonyl (C=O) groups is 1. The van der Waals surface area contributed by atoms with Crippen LogP contribution in [-0.2, 0) is 31.9 Å². The van der Waals surface area contributed by atoms with Crippen molar-refractivity contribution in [2.24, 2.45) is 5.41 Å². The first kappa shape index (κ1) is 35.6. The van der Waals surface area contributed by atoms with Crippen molar-refractivity contribution >= 4 is 44.9 Å². The maximum Gasteiger partial charge on any atom is 0.417 e. The number of anilines is 1. The Balaban J connectivity index is 1.57. The van der Waals surface area contributed by atoms with Crippen molar-refractivity contribution in [2.75, 3.05) is 37.6 Å². The second-order valence-corrected chi connectivity index (χ2v) is 14.8. The lowest BCUT2D eigenvalue weighted by atomic mass is 9.86. The Kier molecular flexibility index (Phi) is 9.11. The van der Waals surface area contributed by atoms with Gasteiger partial charge in [-0.15, -0.1) is 0 Å². The molecule has 2 heterocycles. The van der Waals surface area contributed by atoms with Crippen molar-refractivity contribution < 1.29 is 49.0 Å². The van der Waals surface area contributed by atoms with Crippen LogP contribution >= 0.6 is 11.6 Å². The van der Waals surface area contributed by atoms with Gasteiger partial charge in [-0.25, -0.2) is 8.42 Å². The number of ether oxygens (including phenoxy) is 2. The molecule has 5 rings (SSSR count). The van der Waals surface area contributed by atoms with Crippen molar-refractivity contribution in [3.05, 3.63) is 87.9 Å². The molecule has 0 unspecified atom stereocenters. The van der Waals surface area contributed by atoms with E-state index in [1.807, 2.05) is 4.90 Å². The third-order valence-corrected chi connectivity index (χ3v) is 10.3. The molecule has 0 aromatic heterocycles. The number of hydrogen-bond acceptors (Lipinski definition) is 6. The summed E-state index contributed by atoms with van der Waals surface area (Å²) in [6.45, 7) is 5.18. The Morgan fingerprint density at radius 1 is 0.979 bits per heavy atom. The number of sulfonamides is 1. The molecular formula is C33H31ClF6N2O5S. The molecule has 1 fully saturated rings. The van der Waals surface area contributed by atoms with Crippen LogP contribution in [0.15, 0.2) is 65.6 Å². The van der Waals surface area contributed by atoms with Crippen molar-refractivity contribution in [2.45, 2.75) is 43.6 Å². The molecule has 0 saturated carbocycles. The van der Waals surface area contributed by atoms with E-state index in [0.29, 0.717) is 6.07 Å². The lowest BCUT2D eigenvalue weighted by Crippen LogP contribution is -2.72. The minimum atomic E-state index is -4.81. The van der Waals surface area contributed by atoms with E-state index in [4.69, 9.17) is 21.1 Å². The number of methoxy groups -OCH3 is 1. The average Bonchev–Trinajstić information content (AvgIpc) is 2.98. The van der Waals surface area contributed by atoms with E-state index in [1.54, 1.807) is 13.8 Å². The number of hydrogen-bond donors (Lipinski definition) is 0. The van der Waals surface area contributed by atoms with Gasteiger partial charge in [0, 0.05) is 30.2 Å². The highest BCUT2D eigenvalue weighted by Crippen LogP contribution is 2.46. The first-order chi connectivity index (χ1) is 22.2. The number of rotatable bonds is 7. The number of allylic oxidation sites excluding steroid dienone is 1. The molecular weight excluding hydrogens is 686 g/mol. The van der Waals surface area contributed by atoms with E-state index in [-0.39, 0.29) is 59.3 Å². The minimum Gasteiger partial charge on any atom is -0.480 e. The van der Waals surface area contributed by atoms with E-state index in [9.17, 15) is 39.6 Å². The third-order valence-electron chi connectivity index (χ3n) is 8.24. The quantitative estimate of drug-likeness (QED) is 0.141. The van der Waals surface area contributed by atoms with Gasteiger partial charge in [0.15, 0.2) is 5.60 Å². The van der Waals surface area contributed by atoms with Gasteiger partial charge in [-0.05, 0) is 74.4 Å². The fourth-order valence-corrected chi connectivity index (χ4v) is 8.03. The van der Waals surface area contributed by atoms with E-state index in [2.05, 4.69) is 0 Å². The molecule has 0 N–H and O–H groups in total. The summed E-state index contributed by atoms with van der Waals surface area (Å²) >= 11 is 6.18. The summed E-state index contributed by atoms with van der Waals surface area (Å²) in [6.07, 6.45) is -8.11. The van der Waals surface area contributed by atoms with Gasteiger partial charge >= 0.3 is 18.3 Å². The molecule has 3 aromatic carbocycles. The summed E-state index contributed by atoms with van der Waals surface area (Å²) in [6, 6.07) is 11.1. The van der Waals surface area contributed by atoms with Crippen LogP contribution in [0.25, 0.3) is 11.6 Å². The summed E-state index contributed by atoms with van der Waals surface area (Å²) in [4.78, 5) is 13.5. The molecule has 0 aliphatic carbocycles. The summed E-state index contributed by atoms with van der Waals surface area (Å²) < 4.78 is 123. The fraction of sp³-hybridized carbons (Fsp3) is 0.364. The molecule has 48 heavy (non-hydrogen) atoms. The monoisotopic (exact) mass is 716 g/mol. The summed E-state index contributed by atoms with van der Waals surface area (Å²) in [7, 11) is -3.36. The zero-order valence-corrected chi connectivity index (χ0v) is 27.7. The minimum absolute atomic E-state index is 0.0110. The summed E-state index contributed by atoms with van der Waals surface area (Å²) in [5.41, 5.74) is -3.94. The normalized spacial score (nSPS) is 17.1. The maximum absolute atomic E-state index is 14.1. The van der Waals surface area contributed by atoms with Gasteiger partial charge in [0.05, 0.1) is 40.8 Å². The molecule has 2 aliphatic rings. The lowest BCUT2D eigenvalue weighted by Gasteiger charge is -2.55. The Morgan fingerprint density at radius 2 is 1.65 bits per heavy atom. The van der Waals surface area contributed by atoms with Crippen LogP contribution in [0.4, 0.5) is 32.0 Å². The number of alkyl halides is 6. The molecule has 0 bridgehead atoms. The Bertz CT molecular complexity index is 1890. The summed E-state index contributed by atoms with van der Waals surface area (Å²) in [5.74, 6) is -0.339. The number of carbonyl (C=O) groups excluding carboxylic acids is 1. The first-order valence-corrected chi connectivity index (χ1v) is 16.4. The number of fused-ring (bicyclic) bond motifs is 1. The highest BCUT2D eigenvalue weighted by Gasteiger charge is 2.53. The van der Waals surface area contributed by atoms with Gasteiger partial charge in [-0.2, -0.15) is 26.3 Å². The summed E-state index contributed by atoms with van der Waals surface area (Å²) in [5, 5.41) is -0.138. The molecule has 2 aliphatic heterocycles. The van der Waals surface area contributed by atoms with Crippen molar-refractivity contribution in [1.82, 2.24) is 4.90 Å². The molecule has 0 radical (unpaired) electrons. The molecule has 0 atom stereocenters. The predicted octanol–water partition coefficient (Wildman–Crippen LogP) is 7.78. The van der Waals surface area contributed by atoms with E-state index < -0.39 is 55.4 Å². The molecule has 3 aromatic rings. The smallest absolute Gasteiger partial charge is 0.417 e. The van der Waals surface area contributed by atoms with E-state index >= 15 is 0 Å². The van der Waals surface area contributed by atoms with Crippen LogP contribution in [0.1, 0.15) is 43.0 Å². The zero-order valence-electron chi connectivity index (χ0n) is 26.2. The molecule has 7 nitrogen and oxygen atoms in total. The number of likely N-dealkylation sites (tertiary alicyclic amines) is 1. The fourth-order valence-electron chi connectivity index (χ4n) is 6.12. The molecule has 0 amide bonds. The van der Waals surface area contributed by atoms with Gasteiger partial charge in [0.1, 0.15) is 5.75 Å². The Morgan fingerprint density at radius 3 is 2.27 bits per heavy atom. The molecule has 1 saturated heterocycles. The van der Waals surface area contributed by atoms with Crippen molar-refractivity contribution in [3.8, 4) is 5.75 Å². The highest BCUT2D eigenvalue weighted by molar-refractivity contribution is 7.92. The lowest BCUT2D eigenvalue weighted by molar-refractivity contribution is -0.155. The third kappa shape index (κ3) is 6.88. The Hall–Kier alpha value is -3.75. The standard InChI is InChI=1S/C33H31ClF6N2O5S/c1-20(28-24(33(38,39)40)9-6-10-25(28)34)13-21-11-12-27-26(14-21)42(48(44,45)23-8-5-7-22(15-23)32(35,36)37)19-31(47-27)17-41(18-31)16-30(2,3)29(43)46-4/h5-15H,16-19H2,1-4H3/b20-13+. The topological polar surface area (TPSA) is 76.2 Å². The van der Waals surface area contributed by atoms with Crippen LogP contribution in [0.2, 0.25) is 5.02 Å². The zero-order chi connectivity index (χ0) is 35.4. The van der Waals surface area contributed by atoms with Gasteiger partial charge in [-0.3, -0.25) is 14.0 Å². The second kappa shape index (κ2) is 12.3. The van der Waals surface area contributed by atoms with Crippen LogP contribution in [0, 0.1) is 5.41 Å². The molecule has 15 heteroatoms. The van der Waals surface area contributed by atoms with Crippen LogP contribution in [0.5, 0.6) is 5.75 Å². The molecule has 258 valence electrons. The van der Waals surface area contributed by atoms with E-state index in [0.717, 1.165) is 28.6 Å². The Labute approximate surface area is 278 Å². The highest BCUT2D eigenvalue weighted by atomic mass is 35.5. The number of benzene rings is 3. The average molecular weight is 717 g/mol. The largest absolute Gasteiger partial charge is 0.480 e. The number of halogens is 7. The van der Waals surface area contributed by atoms with Crippen molar-refractivity contribution in [1.29, 1.82) is 0 Å². The van der Waals surface area contributed by atoms with Crippen molar-refractivity contribution in [3.63, 3.8) is 0 Å². The van der Waals surface area contributed by atoms with E-state index in [1.165, 1.54) is 50.4 Å². The second-order valence-electron chi connectivity index (χ2n) is 12.6. The number of esters is 1. The molecule has 1 spiro atoms. The first-order valence-electron chi connectivity index (χ1n) is 14.6. The van der Waals surface area contributed by atoms with Gasteiger partial charge in [-0.1, -0.05) is 35.9 Å². The SMILES string of the molecule is COC(=O)C(C)(C)CN1CC2(C1)CN(S(=O)(=O)c1cccc(C(F)(F)F)c1)c1cc(/C=C(\C)c3c(Cl)cccc3C(F)(F)F)ccc1O2. The predicted molar refractivity (Wildman–Crippen MR) is 168 cm³/mol. The van der Waals surface area contributed by atoms with Gasteiger partial charge in [0.25, 0.3) is 10.0 Å². The van der Waals surface area contributed by atoms with Crippen LogP contribution in [-0.4, -0.2) is 58.2 Å². The van der Waals surface area contributed by atoms with Crippen LogP contribution in [0.3, 0.4) is 0 Å². The number of nitrogens with zero attached hydrogens (tertiary/aromatic N) is 2.